The molecule has 1 atom stereocenters. The summed E-state index contributed by atoms with van der Waals surface area (Å²) in [6.07, 6.45) is 7.61. The summed E-state index contributed by atoms with van der Waals surface area (Å²) >= 11 is 0. The van der Waals surface area contributed by atoms with Crippen LogP contribution in [0.5, 0.6) is 0 Å². The normalized spacial score (nSPS) is 30.1. The van der Waals surface area contributed by atoms with Crippen molar-refractivity contribution in [2.75, 3.05) is 0 Å². The molecule has 0 spiro atoms. The Hall–Kier alpha value is -0.850. The maximum absolute atomic E-state index is 4.36. The van der Waals surface area contributed by atoms with Gasteiger partial charge in [0.25, 0.3) is 0 Å². The third-order valence-electron chi connectivity index (χ3n) is 2.84. The fourth-order valence-electron chi connectivity index (χ4n) is 1.90. The van der Waals surface area contributed by atoms with Crippen molar-refractivity contribution in [2.24, 2.45) is 16.8 Å². The zero-order chi connectivity index (χ0) is 10.6. The van der Waals surface area contributed by atoms with Crippen LogP contribution in [0.1, 0.15) is 40.0 Å². The molecule has 0 N–H and O–H groups in total. The van der Waals surface area contributed by atoms with Gasteiger partial charge < -0.3 is 0 Å². The molecule has 0 bridgehead atoms. The summed E-state index contributed by atoms with van der Waals surface area (Å²) in [5.74, 6) is 1.50. The van der Waals surface area contributed by atoms with E-state index in [1.54, 1.807) is 0 Å². The summed E-state index contributed by atoms with van der Waals surface area (Å²) in [5, 5.41) is 0. The van der Waals surface area contributed by atoms with Crippen molar-refractivity contribution in [3.05, 3.63) is 23.9 Å². The summed E-state index contributed by atoms with van der Waals surface area (Å²) in [5.41, 5.74) is 2.31. The van der Waals surface area contributed by atoms with Gasteiger partial charge in [-0.1, -0.05) is 26.0 Å². The standard InChI is InChI=1S/C13H21N/c1-10(2)13-6-5-7-14-12(4)8-11(3)9-13/h7-8,10,13H,3,5-6,9H2,1-2,4H3/b12-8-,14-7-. The number of aliphatic imine (C=N–C) groups is 1. The molecule has 1 heterocycles. The highest BCUT2D eigenvalue weighted by molar-refractivity contribution is 5.59. The lowest BCUT2D eigenvalue weighted by Gasteiger charge is -2.19. The molecule has 1 aliphatic rings. The summed E-state index contributed by atoms with van der Waals surface area (Å²) in [6.45, 7) is 10.7. The van der Waals surface area contributed by atoms with Crippen molar-refractivity contribution in [3.8, 4) is 0 Å². The van der Waals surface area contributed by atoms with E-state index in [-0.39, 0.29) is 0 Å². The maximum atomic E-state index is 4.36. The molecule has 1 rings (SSSR count). The largest absolute Gasteiger partial charge is 0.266 e. The van der Waals surface area contributed by atoms with Crippen LogP contribution >= 0.6 is 0 Å². The first kappa shape index (κ1) is 11.2. The van der Waals surface area contributed by atoms with Gasteiger partial charge in [-0.3, -0.25) is 4.99 Å². The Labute approximate surface area is 87.6 Å². The third kappa shape index (κ3) is 3.49. The Balaban J connectivity index is 2.72. The Morgan fingerprint density at radius 3 is 2.86 bits per heavy atom. The van der Waals surface area contributed by atoms with E-state index < -0.39 is 0 Å². The second-order valence-corrected chi connectivity index (χ2v) is 4.54. The van der Waals surface area contributed by atoms with Crippen LogP contribution in [0.25, 0.3) is 0 Å². The van der Waals surface area contributed by atoms with Crippen molar-refractivity contribution >= 4 is 6.21 Å². The second-order valence-electron chi connectivity index (χ2n) is 4.54. The number of allylic oxidation sites excluding steroid dienone is 3. The van der Waals surface area contributed by atoms with Gasteiger partial charge in [0.1, 0.15) is 0 Å². The van der Waals surface area contributed by atoms with Gasteiger partial charge in [-0.2, -0.15) is 0 Å². The highest BCUT2D eigenvalue weighted by Gasteiger charge is 2.14. The van der Waals surface area contributed by atoms with Crippen LogP contribution in [0.2, 0.25) is 0 Å². The van der Waals surface area contributed by atoms with Gasteiger partial charge in [0, 0.05) is 11.9 Å². The predicted molar refractivity (Wildman–Crippen MR) is 63.6 cm³/mol. The zero-order valence-electron chi connectivity index (χ0n) is 9.59. The van der Waals surface area contributed by atoms with E-state index in [9.17, 15) is 0 Å². The first-order valence-electron chi connectivity index (χ1n) is 5.48. The summed E-state index contributed by atoms with van der Waals surface area (Å²) in [4.78, 5) is 4.36. The molecule has 1 nitrogen and oxygen atoms in total. The summed E-state index contributed by atoms with van der Waals surface area (Å²) in [6, 6.07) is 0. The molecule has 0 aromatic rings. The fraction of sp³-hybridized carbons (Fsp3) is 0.615. The molecule has 1 aliphatic heterocycles. The molecule has 0 aromatic heterocycles. The highest BCUT2D eigenvalue weighted by Crippen LogP contribution is 2.25. The third-order valence-corrected chi connectivity index (χ3v) is 2.84. The van der Waals surface area contributed by atoms with Crippen molar-refractivity contribution in [3.63, 3.8) is 0 Å². The van der Waals surface area contributed by atoms with E-state index >= 15 is 0 Å². The maximum Gasteiger partial charge on any atom is 0.0371 e. The van der Waals surface area contributed by atoms with Crippen molar-refractivity contribution < 1.29 is 0 Å². The zero-order valence-corrected chi connectivity index (χ0v) is 9.59. The Bertz CT molecular complexity index is 258. The molecular formula is C13H21N. The smallest absolute Gasteiger partial charge is 0.0371 e. The Morgan fingerprint density at radius 2 is 2.21 bits per heavy atom. The number of hydrogen-bond donors (Lipinski definition) is 0. The molecule has 1 heteroatoms. The van der Waals surface area contributed by atoms with E-state index in [4.69, 9.17) is 0 Å². The van der Waals surface area contributed by atoms with Crippen molar-refractivity contribution in [1.29, 1.82) is 0 Å². The average molecular weight is 191 g/mol. The second kappa shape index (κ2) is 5.14. The minimum atomic E-state index is 0.743. The van der Waals surface area contributed by atoms with Gasteiger partial charge in [0.05, 0.1) is 0 Å². The van der Waals surface area contributed by atoms with Gasteiger partial charge >= 0.3 is 0 Å². The molecule has 0 saturated heterocycles. The van der Waals surface area contributed by atoms with Gasteiger partial charge in [-0.15, -0.1) is 0 Å². The molecule has 14 heavy (non-hydrogen) atoms. The Kier molecular flexibility index (Phi) is 4.12. The van der Waals surface area contributed by atoms with Crippen molar-refractivity contribution in [2.45, 2.75) is 40.0 Å². The molecule has 0 amide bonds. The lowest BCUT2D eigenvalue weighted by Crippen LogP contribution is -2.09. The number of hydrogen-bond acceptors (Lipinski definition) is 1. The molecular weight excluding hydrogens is 170 g/mol. The quantitative estimate of drug-likeness (QED) is 0.594. The van der Waals surface area contributed by atoms with E-state index in [0.29, 0.717) is 0 Å². The minimum Gasteiger partial charge on any atom is -0.266 e. The molecule has 0 radical (unpaired) electrons. The van der Waals surface area contributed by atoms with Gasteiger partial charge in [0.15, 0.2) is 0 Å². The van der Waals surface area contributed by atoms with E-state index in [0.717, 1.165) is 30.4 Å². The van der Waals surface area contributed by atoms with E-state index in [1.807, 2.05) is 13.1 Å². The summed E-state index contributed by atoms with van der Waals surface area (Å²) in [7, 11) is 0. The van der Waals surface area contributed by atoms with Crippen LogP contribution in [0.3, 0.4) is 0 Å². The lowest BCUT2D eigenvalue weighted by molar-refractivity contribution is 0.366. The van der Waals surface area contributed by atoms with Crippen LogP contribution in [0.4, 0.5) is 0 Å². The molecule has 0 aliphatic carbocycles. The van der Waals surface area contributed by atoms with Gasteiger partial charge in [-0.25, -0.2) is 0 Å². The van der Waals surface area contributed by atoms with E-state index in [2.05, 4.69) is 31.5 Å². The van der Waals surface area contributed by atoms with Crippen LogP contribution in [0, 0.1) is 11.8 Å². The Morgan fingerprint density at radius 1 is 1.50 bits per heavy atom. The summed E-state index contributed by atoms with van der Waals surface area (Å²) < 4.78 is 0. The topological polar surface area (TPSA) is 12.4 Å². The van der Waals surface area contributed by atoms with E-state index in [1.165, 1.54) is 12.0 Å². The number of rotatable bonds is 1. The molecule has 78 valence electrons. The first-order chi connectivity index (χ1) is 6.59. The lowest BCUT2D eigenvalue weighted by atomic mass is 9.86. The minimum absolute atomic E-state index is 0.743. The van der Waals surface area contributed by atoms with Crippen LogP contribution in [0.15, 0.2) is 28.9 Å². The predicted octanol–water partition coefficient (Wildman–Crippen LogP) is 3.97. The average Bonchev–Trinajstić information content (AvgIpc) is 2.15. The monoisotopic (exact) mass is 191 g/mol. The first-order valence-corrected chi connectivity index (χ1v) is 5.48. The van der Waals surface area contributed by atoms with Gasteiger partial charge in [0.2, 0.25) is 0 Å². The van der Waals surface area contributed by atoms with Gasteiger partial charge in [-0.05, 0) is 44.1 Å². The highest BCUT2D eigenvalue weighted by atomic mass is 14.7. The van der Waals surface area contributed by atoms with Crippen molar-refractivity contribution in [1.82, 2.24) is 0 Å². The molecule has 0 fully saturated rings. The molecule has 0 saturated carbocycles. The SMILES string of the molecule is C=C1/C=C(C)\N=C/CCC(C(C)C)C1. The van der Waals surface area contributed by atoms with Crippen LogP contribution < -0.4 is 0 Å². The number of nitrogens with zero attached hydrogens (tertiary/aromatic N) is 1. The molecule has 0 aromatic carbocycles. The fourth-order valence-corrected chi connectivity index (χ4v) is 1.90. The van der Waals surface area contributed by atoms with Crippen LogP contribution in [-0.2, 0) is 0 Å². The van der Waals surface area contributed by atoms with Crippen LogP contribution in [-0.4, -0.2) is 6.21 Å². The molecule has 1 unspecified atom stereocenters.